The van der Waals surface area contributed by atoms with E-state index < -0.39 is 0 Å². The Balaban J connectivity index is -0.0000000937. The molecule has 6 heteroatoms. The molecule has 0 bridgehead atoms. The van der Waals surface area contributed by atoms with Gasteiger partial charge in [0.15, 0.2) is 0 Å². The standard InChI is InChI=1S/C2H6S2.2CH2S2.2CH4/c1-3-4-2;2*1-2-3-1;;/h1-2H3;2*1H2;2*1H4. The van der Waals surface area contributed by atoms with E-state index in [0.29, 0.717) is 0 Å². The largest absolute Gasteiger partial charge is 0.0979 e. The lowest BCUT2D eigenvalue weighted by molar-refractivity contribution is 2.43. The average molecular weight is 283 g/mol. The van der Waals surface area contributed by atoms with Crippen LogP contribution in [0.25, 0.3) is 0 Å². The maximum atomic E-state index is 2.06. The molecule has 0 aliphatic carbocycles. The second-order valence-electron chi connectivity index (χ2n) is 1.04. The summed E-state index contributed by atoms with van der Waals surface area (Å²) in [5.41, 5.74) is 0. The molecule has 0 nitrogen and oxygen atoms in total. The van der Waals surface area contributed by atoms with E-state index in [4.69, 9.17) is 0 Å². The molecule has 0 aromatic rings. The van der Waals surface area contributed by atoms with E-state index in [9.17, 15) is 0 Å². The average Bonchev–Trinajstić information content (AvgIpc) is 2.78. The van der Waals surface area contributed by atoms with Gasteiger partial charge in [-0.3, -0.25) is 0 Å². The summed E-state index contributed by atoms with van der Waals surface area (Å²) >= 11 is 0. The summed E-state index contributed by atoms with van der Waals surface area (Å²) in [6, 6.07) is 0. The van der Waals surface area contributed by atoms with E-state index >= 15 is 0 Å². The Kier molecular flexibility index (Phi) is 30.8. The topological polar surface area (TPSA) is 0 Å². The van der Waals surface area contributed by atoms with E-state index in [2.05, 4.69) is 12.5 Å². The highest BCUT2D eigenvalue weighted by Gasteiger charge is 1.97. The fraction of sp³-hybridized carbons (Fsp3) is 1.00. The molecule has 2 rings (SSSR count). The van der Waals surface area contributed by atoms with Gasteiger partial charge in [-0.05, 0) is 12.5 Å². The molecule has 0 aromatic heterocycles. The second kappa shape index (κ2) is 18.8. The van der Waals surface area contributed by atoms with Gasteiger partial charge >= 0.3 is 0 Å². The Hall–Kier alpha value is 2.10. The van der Waals surface area contributed by atoms with Crippen molar-refractivity contribution in [1.29, 1.82) is 0 Å². The number of hydrogen-bond donors (Lipinski definition) is 0. The third kappa shape index (κ3) is 57.3. The monoisotopic (exact) mass is 282 g/mol. The highest BCUT2D eigenvalue weighted by Crippen LogP contribution is 2.42. The molecule has 2 aliphatic rings. The van der Waals surface area contributed by atoms with Crippen molar-refractivity contribution in [3.05, 3.63) is 0 Å². The van der Waals surface area contributed by atoms with Crippen LogP contribution in [0.1, 0.15) is 14.9 Å². The minimum Gasteiger partial charge on any atom is -0.0979 e. The summed E-state index contributed by atoms with van der Waals surface area (Å²) in [5.74, 6) is 0. The summed E-state index contributed by atoms with van der Waals surface area (Å²) in [7, 11) is 11.2. The van der Waals surface area contributed by atoms with Crippen molar-refractivity contribution in [2.75, 3.05) is 22.7 Å². The van der Waals surface area contributed by atoms with Gasteiger partial charge in [-0.15, -0.1) is 0 Å². The maximum absolute atomic E-state index is 2.06. The summed E-state index contributed by atoms with van der Waals surface area (Å²) in [6.45, 7) is 0. The van der Waals surface area contributed by atoms with Crippen LogP contribution >= 0.6 is 64.8 Å². The van der Waals surface area contributed by atoms with Gasteiger partial charge in [0.05, 0.1) is 10.2 Å². The van der Waals surface area contributed by atoms with Gasteiger partial charge in [-0.1, -0.05) is 79.6 Å². The normalized spacial score (nSPS) is 14.5. The van der Waals surface area contributed by atoms with E-state index in [0.717, 1.165) is 0 Å². The first-order valence-electron chi connectivity index (χ1n) is 2.47. The van der Waals surface area contributed by atoms with Gasteiger partial charge in [-0.2, -0.15) is 0 Å². The summed E-state index contributed by atoms with van der Waals surface area (Å²) < 4.78 is 0. The van der Waals surface area contributed by atoms with Crippen LogP contribution in [0, 0.1) is 0 Å². The Morgan fingerprint density at radius 2 is 0.917 bits per heavy atom. The van der Waals surface area contributed by atoms with Crippen molar-refractivity contribution in [2.24, 2.45) is 0 Å². The molecule has 0 saturated carbocycles. The van der Waals surface area contributed by atoms with Crippen LogP contribution in [-0.4, -0.2) is 22.7 Å². The van der Waals surface area contributed by atoms with Crippen molar-refractivity contribution in [3.8, 4) is 0 Å². The Bertz CT molecular complexity index is 42.5. The van der Waals surface area contributed by atoms with Gasteiger partial charge in [0.1, 0.15) is 0 Å². The lowest BCUT2D eigenvalue weighted by Gasteiger charge is -1.69. The SMILES string of the molecule is C.C.C1SS1.C1SS1.CSSC. The van der Waals surface area contributed by atoms with Crippen molar-refractivity contribution in [3.63, 3.8) is 0 Å². The first-order chi connectivity index (χ1) is 4.91. The Labute approximate surface area is 102 Å². The quantitative estimate of drug-likeness (QED) is 0.452. The molecular formula is C6H18S6. The van der Waals surface area contributed by atoms with Crippen LogP contribution in [0.5, 0.6) is 0 Å². The zero-order chi connectivity index (χ0) is 7.66. The zero-order valence-corrected chi connectivity index (χ0v) is 10.8. The first kappa shape index (κ1) is 19.6. The van der Waals surface area contributed by atoms with Crippen molar-refractivity contribution >= 4 is 64.8 Å². The van der Waals surface area contributed by atoms with Crippen molar-refractivity contribution in [1.82, 2.24) is 0 Å². The van der Waals surface area contributed by atoms with Crippen molar-refractivity contribution in [2.45, 2.75) is 14.9 Å². The summed E-state index contributed by atoms with van der Waals surface area (Å²) in [4.78, 5) is 0. The minimum absolute atomic E-state index is 0. The number of rotatable bonds is 1. The molecule has 0 amide bonds. The third-order valence-corrected chi connectivity index (χ3v) is 3.62. The molecule has 2 saturated heterocycles. The summed E-state index contributed by atoms with van der Waals surface area (Å²) in [5, 5.41) is 2.67. The summed E-state index contributed by atoms with van der Waals surface area (Å²) in [6.07, 6.45) is 4.12. The fourth-order valence-electron chi connectivity index (χ4n) is 0. The third-order valence-electron chi connectivity index (χ3n) is 0.402. The van der Waals surface area contributed by atoms with Crippen LogP contribution in [0.4, 0.5) is 0 Å². The van der Waals surface area contributed by atoms with Gasteiger partial charge in [0.2, 0.25) is 0 Å². The van der Waals surface area contributed by atoms with Crippen LogP contribution in [0.2, 0.25) is 0 Å². The van der Waals surface area contributed by atoms with Crippen LogP contribution in [0.3, 0.4) is 0 Å². The second-order valence-corrected chi connectivity index (χ2v) is 9.36. The van der Waals surface area contributed by atoms with Crippen LogP contribution in [0.15, 0.2) is 0 Å². The van der Waals surface area contributed by atoms with Gasteiger partial charge in [-0.25, -0.2) is 0 Å². The molecule has 12 heavy (non-hydrogen) atoms. The van der Waals surface area contributed by atoms with Crippen molar-refractivity contribution < 1.29 is 0 Å². The van der Waals surface area contributed by atoms with Crippen LogP contribution < -0.4 is 0 Å². The molecule has 2 fully saturated rings. The smallest absolute Gasteiger partial charge is 0.0600 e. The molecule has 0 radical (unpaired) electrons. The van der Waals surface area contributed by atoms with Gasteiger partial charge in [0, 0.05) is 0 Å². The van der Waals surface area contributed by atoms with E-state index in [1.54, 1.807) is 21.6 Å². The molecule has 0 unspecified atom stereocenters. The molecule has 2 heterocycles. The molecule has 2 aliphatic heterocycles. The molecule has 78 valence electrons. The van der Waals surface area contributed by atoms with E-state index in [1.165, 1.54) is 10.2 Å². The predicted molar refractivity (Wildman–Crippen MR) is 80.6 cm³/mol. The van der Waals surface area contributed by atoms with Gasteiger partial charge in [0.25, 0.3) is 0 Å². The van der Waals surface area contributed by atoms with Gasteiger partial charge < -0.3 is 0 Å². The lowest BCUT2D eigenvalue weighted by atomic mass is 11.9. The molecule has 0 atom stereocenters. The maximum Gasteiger partial charge on any atom is 0.0600 e. The zero-order valence-electron chi connectivity index (χ0n) is 5.86. The Morgan fingerprint density at radius 3 is 0.917 bits per heavy atom. The van der Waals surface area contributed by atoms with Crippen LogP contribution in [-0.2, 0) is 0 Å². The fourth-order valence-corrected chi connectivity index (χ4v) is 0. The highest BCUT2D eigenvalue weighted by atomic mass is 33.2. The highest BCUT2D eigenvalue weighted by molar-refractivity contribution is 8.92. The Morgan fingerprint density at radius 1 is 0.750 bits per heavy atom. The number of hydrogen-bond acceptors (Lipinski definition) is 6. The minimum atomic E-state index is 0. The van der Waals surface area contributed by atoms with E-state index in [1.807, 2.05) is 43.2 Å². The first-order valence-corrected chi connectivity index (χ1v) is 10.4. The molecule has 0 aromatic carbocycles. The van der Waals surface area contributed by atoms with E-state index in [-0.39, 0.29) is 14.9 Å². The lowest BCUT2D eigenvalue weighted by Crippen LogP contribution is -1.28. The predicted octanol–water partition coefficient (Wildman–Crippen LogP) is 5.58. The molecule has 0 N–H and O–H groups in total. The molecular weight excluding hydrogens is 264 g/mol. The molecule has 0 spiro atoms.